The Labute approximate surface area is 140 Å². The second-order valence-corrected chi connectivity index (χ2v) is 6.05. The van der Waals surface area contributed by atoms with Crippen molar-refractivity contribution in [3.05, 3.63) is 70.5 Å². The minimum Gasteiger partial charge on any atom is -0.507 e. The molecule has 5 heteroatoms. The van der Waals surface area contributed by atoms with Crippen LogP contribution in [0.5, 0.6) is 5.75 Å². The lowest BCUT2D eigenvalue weighted by molar-refractivity contribution is -0.115. The maximum atomic E-state index is 13.7. The molecule has 0 aliphatic rings. The molecule has 3 aromatic rings. The van der Waals surface area contributed by atoms with Crippen molar-refractivity contribution < 1.29 is 14.3 Å². The molecule has 23 heavy (non-hydrogen) atoms. The first-order chi connectivity index (χ1) is 11.0. The molecule has 3 rings (SSSR count). The average Bonchev–Trinajstić information content (AvgIpc) is 2.52. The lowest BCUT2D eigenvalue weighted by atomic mass is 10.1. The minimum atomic E-state index is -0.418. The van der Waals surface area contributed by atoms with Crippen LogP contribution in [0.2, 0.25) is 0 Å². The first-order valence-corrected chi connectivity index (χ1v) is 7.78. The van der Waals surface area contributed by atoms with Gasteiger partial charge in [0.1, 0.15) is 11.6 Å². The predicted molar refractivity (Wildman–Crippen MR) is 92.0 cm³/mol. The van der Waals surface area contributed by atoms with E-state index < -0.39 is 5.82 Å². The molecule has 0 atom stereocenters. The van der Waals surface area contributed by atoms with Gasteiger partial charge in [0, 0.05) is 20.9 Å². The number of hydrogen-bond donors (Lipinski definition) is 2. The van der Waals surface area contributed by atoms with Crippen LogP contribution < -0.4 is 5.32 Å². The Hall–Kier alpha value is -2.40. The van der Waals surface area contributed by atoms with Crippen LogP contribution in [0.4, 0.5) is 10.1 Å². The van der Waals surface area contributed by atoms with Gasteiger partial charge in [-0.2, -0.15) is 0 Å². The van der Waals surface area contributed by atoms with Gasteiger partial charge in [0.15, 0.2) is 0 Å². The number of amides is 1. The van der Waals surface area contributed by atoms with Crippen LogP contribution in [0.25, 0.3) is 10.8 Å². The molecular weight excluding hydrogens is 361 g/mol. The van der Waals surface area contributed by atoms with Crippen molar-refractivity contribution >= 4 is 38.3 Å². The third kappa shape index (κ3) is 3.35. The molecule has 0 bridgehead atoms. The second-order valence-electron chi connectivity index (χ2n) is 5.14. The number of halogens is 2. The van der Waals surface area contributed by atoms with Crippen molar-refractivity contribution in [3.63, 3.8) is 0 Å². The molecule has 0 unspecified atom stereocenters. The summed E-state index contributed by atoms with van der Waals surface area (Å²) in [4.78, 5) is 12.2. The van der Waals surface area contributed by atoms with Crippen molar-refractivity contribution in [1.82, 2.24) is 0 Å². The summed E-state index contributed by atoms with van der Waals surface area (Å²) in [5.74, 6) is -0.589. The van der Waals surface area contributed by atoms with Crippen LogP contribution >= 0.6 is 15.9 Å². The number of phenolic OH excluding ortho intramolecular Hbond substituents is 1. The SMILES string of the molecule is O=C(Cc1cc(Br)ccc1F)Nc1cccc2c(O)cccc12. The Bertz CT molecular complexity index is 895. The fourth-order valence-electron chi connectivity index (χ4n) is 2.45. The standard InChI is InChI=1S/C18H13BrFNO2/c19-12-7-8-15(20)11(9-12)10-18(23)21-16-5-1-4-14-13(16)3-2-6-17(14)22/h1-9,22H,10H2,(H,21,23). The molecule has 0 heterocycles. The van der Waals surface area contributed by atoms with E-state index >= 15 is 0 Å². The summed E-state index contributed by atoms with van der Waals surface area (Å²) in [5.41, 5.74) is 0.902. The van der Waals surface area contributed by atoms with Crippen LogP contribution in [0.1, 0.15) is 5.56 Å². The summed E-state index contributed by atoms with van der Waals surface area (Å²) in [6.45, 7) is 0. The van der Waals surface area contributed by atoms with Gasteiger partial charge in [-0.15, -0.1) is 0 Å². The summed E-state index contributed by atoms with van der Waals surface area (Å²) in [5, 5.41) is 14.0. The number of carbonyl (C=O) groups excluding carboxylic acids is 1. The number of phenols is 1. The molecule has 3 aromatic carbocycles. The molecule has 1 amide bonds. The van der Waals surface area contributed by atoms with Gasteiger partial charge < -0.3 is 10.4 Å². The Morgan fingerprint density at radius 2 is 1.83 bits per heavy atom. The third-order valence-corrected chi connectivity index (χ3v) is 4.03. The van der Waals surface area contributed by atoms with Gasteiger partial charge in [0.25, 0.3) is 0 Å². The highest BCUT2D eigenvalue weighted by Crippen LogP contribution is 2.29. The molecule has 0 fully saturated rings. The first-order valence-electron chi connectivity index (χ1n) is 6.99. The number of anilines is 1. The molecule has 0 aromatic heterocycles. The monoisotopic (exact) mass is 373 g/mol. The highest BCUT2D eigenvalue weighted by molar-refractivity contribution is 9.10. The zero-order chi connectivity index (χ0) is 16.4. The number of fused-ring (bicyclic) bond motifs is 1. The molecule has 3 nitrogen and oxygen atoms in total. The topological polar surface area (TPSA) is 49.3 Å². The van der Waals surface area contributed by atoms with E-state index in [1.54, 1.807) is 42.5 Å². The van der Waals surface area contributed by atoms with Crippen molar-refractivity contribution in [1.29, 1.82) is 0 Å². The number of hydrogen-bond acceptors (Lipinski definition) is 2. The summed E-state index contributed by atoms with van der Waals surface area (Å²) in [6, 6.07) is 14.9. The lowest BCUT2D eigenvalue weighted by Gasteiger charge is -2.10. The van der Waals surface area contributed by atoms with Gasteiger partial charge in [0.2, 0.25) is 5.91 Å². The second kappa shape index (κ2) is 6.38. The molecule has 0 saturated heterocycles. The molecule has 2 N–H and O–H groups in total. The highest BCUT2D eigenvalue weighted by atomic mass is 79.9. The van der Waals surface area contributed by atoms with E-state index in [1.165, 1.54) is 6.07 Å². The van der Waals surface area contributed by atoms with Crippen LogP contribution in [-0.4, -0.2) is 11.0 Å². The zero-order valence-electron chi connectivity index (χ0n) is 12.0. The largest absolute Gasteiger partial charge is 0.507 e. The van der Waals surface area contributed by atoms with Crippen molar-refractivity contribution in [3.8, 4) is 5.75 Å². The van der Waals surface area contributed by atoms with E-state index in [9.17, 15) is 14.3 Å². The van der Waals surface area contributed by atoms with Gasteiger partial charge >= 0.3 is 0 Å². The summed E-state index contributed by atoms with van der Waals surface area (Å²) in [6.07, 6.45) is -0.0690. The van der Waals surface area contributed by atoms with Gasteiger partial charge in [-0.3, -0.25) is 4.79 Å². The smallest absolute Gasteiger partial charge is 0.228 e. The first kappa shape index (κ1) is 15.5. The normalized spacial score (nSPS) is 10.7. The molecule has 0 radical (unpaired) electrons. The Kier molecular flexibility index (Phi) is 4.30. The summed E-state index contributed by atoms with van der Waals surface area (Å²) >= 11 is 3.27. The van der Waals surface area contributed by atoms with Crippen LogP contribution in [0.15, 0.2) is 59.1 Å². The fraction of sp³-hybridized carbons (Fsp3) is 0.0556. The van der Waals surface area contributed by atoms with Crippen LogP contribution in [0, 0.1) is 5.82 Å². The van der Waals surface area contributed by atoms with Crippen molar-refractivity contribution in [2.24, 2.45) is 0 Å². The average molecular weight is 374 g/mol. The van der Waals surface area contributed by atoms with Gasteiger partial charge in [0.05, 0.1) is 6.42 Å². The molecule has 116 valence electrons. The van der Waals surface area contributed by atoms with E-state index in [0.717, 1.165) is 9.86 Å². The maximum Gasteiger partial charge on any atom is 0.228 e. The highest BCUT2D eigenvalue weighted by Gasteiger charge is 2.11. The van der Waals surface area contributed by atoms with Gasteiger partial charge in [-0.1, -0.05) is 40.2 Å². The van der Waals surface area contributed by atoms with Crippen molar-refractivity contribution in [2.75, 3.05) is 5.32 Å². The quantitative estimate of drug-likeness (QED) is 0.703. The zero-order valence-corrected chi connectivity index (χ0v) is 13.6. The van der Waals surface area contributed by atoms with E-state index in [-0.39, 0.29) is 18.1 Å². The Balaban J connectivity index is 1.86. The number of rotatable bonds is 3. The Morgan fingerprint density at radius 1 is 1.09 bits per heavy atom. The lowest BCUT2D eigenvalue weighted by Crippen LogP contribution is -2.15. The summed E-state index contributed by atoms with van der Waals surface area (Å²) < 4.78 is 14.5. The Morgan fingerprint density at radius 3 is 2.65 bits per heavy atom. The van der Waals surface area contributed by atoms with E-state index in [1.807, 2.05) is 6.07 Å². The number of aromatic hydroxyl groups is 1. The summed E-state index contributed by atoms with van der Waals surface area (Å²) in [7, 11) is 0. The predicted octanol–water partition coefficient (Wildman–Crippen LogP) is 4.63. The third-order valence-electron chi connectivity index (χ3n) is 3.53. The van der Waals surface area contributed by atoms with Gasteiger partial charge in [-0.25, -0.2) is 4.39 Å². The fourth-order valence-corrected chi connectivity index (χ4v) is 2.86. The van der Waals surface area contributed by atoms with Crippen LogP contribution in [0.3, 0.4) is 0 Å². The number of carbonyl (C=O) groups is 1. The van der Waals surface area contributed by atoms with E-state index in [2.05, 4.69) is 21.2 Å². The molecule has 0 spiro atoms. The minimum absolute atomic E-state index is 0.0690. The molecule has 0 saturated carbocycles. The molecular formula is C18H13BrFNO2. The number of nitrogens with one attached hydrogen (secondary N) is 1. The molecule has 0 aliphatic carbocycles. The van der Waals surface area contributed by atoms with E-state index in [0.29, 0.717) is 16.6 Å². The van der Waals surface area contributed by atoms with Crippen molar-refractivity contribution in [2.45, 2.75) is 6.42 Å². The maximum absolute atomic E-state index is 13.7. The molecule has 0 aliphatic heterocycles. The van der Waals surface area contributed by atoms with Gasteiger partial charge in [-0.05, 0) is 35.9 Å². The van der Waals surface area contributed by atoms with E-state index in [4.69, 9.17) is 0 Å². The van der Waals surface area contributed by atoms with Crippen LogP contribution in [-0.2, 0) is 11.2 Å². The number of benzene rings is 3.